The number of amides is 1. The molecule has 0 unspecified atom stereocenters. The fourth-order valence-corrected chi connectivity index (χ4v) is 4.96. The molecule has 1 spiro atoms. The number of thiophene rings is 1. The Morgan fingerprint density at radius 3 is 2.89 bits per heavy atom. The largest absolute Gasteiger partial charge is 0.392 e. The molecule has 2 aliphatic heterocycles. The highest BCUT2D eigenvalue weighted by Gasteiger charge is 2.46. The zero-order valence-electron chi connectivity index (χ0n) is 15.9. The van der Waals surface area contributed by atoms with Crippen LogP contribution in [0.5, 0.6) is 0 Å². The number of aryl methyl sites for hydroxylation is 2. The predicted molar refractivity (Wildman–Crippen MR) is 106 cm³/mol. The van der Waals surface area contributed by atoms with Gasteiger partial charge in [-0.25, -0.2) is 4.98 Å². The number of anilines is 1. The third-order valence-electron chi connectivity index (χ3n) is 6.05. The Morgan fingerprint density at radius 1 is 1.30 bits per heavy atom. The second-order valence-corrected chi connectivity index (χ2v) is 8.61. The summed E-state index contributed by atoms with van der Waals surface area (Å²) in [4.78, 5) is 26.1. The van der Waals surface area contributed by atoms with Crippen molar-refractivity contribution in [2.45, 2.75) is 39.2 Å². The molecule has 2 atom stereocenters. The monoisotopic (exact) mass is 386 g/mol. The van der Waals surface area contributed by atoms with Gasteiger partial charge >= 0.3 is 0 Å². The Labute approximate surface area is 163 Å². The van der Waals surface area contributed by atoms with Crippen LogP contribution in [0.2, 0.25) is 0 Å². The maximum atomic E-state index is 12.8. The lowest BCUT2D eigenvalue weighted by atomic mass is 9.71. The summed E-state index contributed by atoms with van der Waals surface area (Å²) < 4.78 is 0. The van der Waals surface area contributed by atoms with Gasteiger partial charge in [-0.1, -0.05) is 0 Å². The quantitative estimate of drug-likeness (QED) is 0.859. The fourth-order valence-electron chi connectivity index (χ4n) is 4.33. The number of aromatic nitrogens is 2. The van der Waals surface area contributed by atoms with Gasteiger partial charge in [-0.05, 0) is 44.6 Å². The predicted octanol–water partition coefficient (Wildman–Crippen LogP) is 2.65. The molecule has 1 amide bonds. The molecule has 0 aliphatic carbocycles. The van der Waals surface area contributed by atoms with Crippen molar-refractivity contribution in [1.82, 2.24) is 14.9 Å². The maximum Gasteiger partial charge on any atom is 0.254 e. The number of hydrogen-bond acceptors (Lipinski definition) is 6. The van der Waals surface area contributed by atoms with Crippen molar-refractivity contribution in [3.8, 4) is 0 Å². The molecule has 2 aliphatic rings. The first-order chi connectivity index (χ1) is 13.0. The summed E-state index contributed by atoms with van der Waals surface area (Å²) in [5.41, 5.74) is 2.32. The highest BCUT2D eigenvalue weighted by Crippen LogP contribution is 2.40. The Kier molecular flexibility index (Phi) is 4.90. The van der Waals surface area contributed by atoms with Crippen molar-refractivity contribution in [3.63, 3.8) is 0 Å². The van der Waals surface area contributed by atoms with Crippen LogP contribution in [0.25, 0.3) is 0 Å². The molecule has 4 rings (SSSR count). The van der Waals surface area contributed by atoms with Crippen LogP contribution in [0.1, 0.15) is 41.0 Å². The average molecular weight is 387 g/mol. The first kappa shape index (κ1) is 18.4. The summed E-state index contributed by atoms with van der Waals surface area (Å²) in [5.74, 6) is 0.941. The minimum atomic E-state index is -0.397. The summed E-state index contributed by atoms with van der Waals surface area (Å²) in [6.07, 6.45) is 3.96. The topological polar surface area (TPSA) is 69.6 Å². The number of hydrogen-bond donors (Lipinski definition) is 1. The molecular formula is C20H26N4O2S. The van der Waals surface area contributed by atoms with Gasteiger partial charge in [0.05, 0.1) is 29.3 Å². The van der Waals surface area contributed by atoms with Crippen LogP contribution in [-0.2, 0) is 0 Å². The molecule has 2 aromatic rings. The van der Waals surface area contributed by atoms with E-state index in [1.807, 2.05) is 41.8 Å². The van der Waals surface area contributed by atoms with Gasteiger partial charge in [0.2, 0.25) is 0 Å². The van der Waals surface area contributed by atoms with Gasteiger partial charge in [0.15, 0.2) is 0 Å². The van der Waals surface area contributed by atoms with Gasteiger partial charge in [0, 0.05) is 37.0 Å². The van der Waals surface area contributed by atoms with Crippen LogP contribution in [0.4, 0.5) is 5.82 Å². The molecule has 4 heterocycles. The van der Waals surface area contributed by atoms with E-state index >= 15 is 0 Å². The van der Waals surface area contributed by atoms with E-state index in [1.54, 1.807) is 0 Å². The minimum Gasteiger partial charge on any atom is -0.392 e. The van der Waals surface area contributed by atoms with Crippen LogP contribution in [-0.4, -0.2) is 58.2 Å². The van der Waals surface area contributed by atoms with Crippen molar-refractivity contribution >= 4 is 23.1 Å². The molecular weight excluding hydrogens is 360 g/mol. The Balaban J connectivity index is 1.56. The fraction of sp³-hybridized carbons (Fsp3) is 0.550. The van der Waals surface area contributed by atoms with Gasteiger partial charge in [0.1, 0.15) is 5.82 Å². The molecule has 27 heavy (non-hydrogen) atoms. The van der Waals surface area contributed by atoms with Crippen molar-refractivity contribution in [3.05, 3.63) is 40.0 Å². The van der Waals surface area contributed by atoms with Crippen LogP contribution >= 0.6 is 11.3 Å². The van der Waals surface area contributed by atoms with E-state index in [9.17, 15) is 9.90 Å². The summed E-state index contributed by atoms with van der Waals surface area (Å²) in [6.45, 7) is 6.76. The lowest BCUT2D eigenvalue weighted by Crippen LogP contribution is -2.60. The smallest absolute Gasteiger partial charge is 0.254 e. The second kappa shape index (κ2) is 7.20. The molecule has 2 saturated heterocycles. The average Bonchev–Trinajstić information content (AvgIpc) is 3.21. The minimum absolute atomic E-state index is 0.0746. The van der Waals surface area contributed by atoms with Gasteiger partial charge < -0.3 is 14.9 Å². The molecule has 1 N–H and O–H groups in total. The third-order valence-corrected chi connectivity index (χ3v) is 6.74. The molecule has 0 saturated carbocycles. The summed E-state index contributed by atoms with van der Waals surface area (Å²) in [7, 11) is 0. The Bertz CT molecular complexity index is 825. The van der Waals surface area contributed by atoms with E-state index in [4.69, 9.17) is 4.98 Å². The normalized spacial score (nSPS) is 25.8. The molecule has 144 valence electrons. The summed E-state index contributed by atoms with van der Waals surface area (Å²) in [6, 6.07) is 1.88. The standard InChI is InChI=1S/C20H26N4O2S/c1-14-15(2)22-18(10-21-14)23-8-4-17(25)20(12-23)6-3-7-24(13-20)19(26)16-5-9-27-11-16/h5,9-11,17,25H,3-4,6-8,12-13H2,1-2H3/t17-,20-/m1/s1. The van der Waals surface area contributed by atoms with E-state index in [0.29, 0.717) is 19.5 Å². The van der Waals surface area contributed by atoms with Crippen molar-refractivity contribution in [2.75, 3.05) is 31.1 Å². The van der Waals surface area contributed by atoms with E-state index in [-0.39, 0.29) is 11.3 Å². The number of rotatable bonds is 2. The van der Waals surface area contributed by atoms with Gasteiger partial charge in [-0.15, -0.1) is 0 Å². The van der Waals surface area contributed by atoms with Gasteiger partial charge in [-0.3, -0.25) is 9.78 Å². The molecule has 2 fully saturated rings. The van der Waals surface area contributed by atoms with Crippen LogP contribution in [0.15, 0.2) is 23.0 Å². The third kappa shape index (κ3) is 3.46. The van der Waals surface area contributed by atoms with Crippen molar-refractivity contribution < 1.29 is 9.90 Å². The number of nitrogens with zero attached hydrogens (tertiary/aromatic N) is 4. The van der Waals surface area contributed by atoms with Crippen LogP contribution in [0.3, 0.4) is 0 Å². The highest BCUT2D eigenvalue weighted by molar-refractivity contribution is 7.08. The molecule has 0 aromatic carbocycles. The number of piperidine rings is 2. The van der Waals surface area contributed by atoms with Crippen LogP contribution < -0.4 is 4.90 Å². The van der Waals surface area contributed by atoms with E-state index < -0.39 is 6.10 Å². The summed E-state index contributed by atoms with van der Waals surface area (Å²) in [5, 5.41) is 14.7. The highest BCUT2D eigenvalue weighted by atomic mass is 32.1. The van der Waals surface area contributed by atoms with Gasteiger partial charge in [-0.2, -0.15) is 11.3 Å². The first-order valence-corrected chi connectivity index (χ1v) is 10.5. The molecule has 7 heteroatoms. The lowest BCUT2D eigenvalue weighted by molar-refractivity contribution is -0.0362. The number of likely N-dealkylation sites (tertiary alicyclic amines) is 1. The molecule has 0 bridgehead atoms. The zero-order valence-corrected chi connectivity index (χ0v) is 16.7. The van der Waals surface area contributed by atoms with E-state index in [1.165, 1.54) is 11.3 Å². The Hall–Kier alpha value is -1.99. The second-order valence-electron chi connectivity index (χ2n) is 7.83. The number of carbonyl (C=O) groups excluding carboxylic acids is 1. The summed E-state index contributed by atoms with van der Waals surface area (Å²) >= 11 is 1.54. The number of aliphatic hydroxyl groups excluding tert-OH is 1. The van der Waals surface area contributed by atoms with Gasteiger partial charge in [0.25, 0.3) is 5.91 Å². The molecule has 2 aromatic heterocycles. The van der Waals surface area contributed by atoms with Crippen LogP contribution in [0, 0.1) is 19.3 Å². The molecule has 0 radical (unpaired) electrons. The van der Waals surface area contributed by atoms with Crippen molar-refractivity contribution in [2.24, 2.45) is 5.41 Å². The Morgan fingerprint density at radius 2 is 2.15 bits per heavy atom. The van der Waals surface area contributed by atoms with E-state index in [2.05, 4.69) is 9.88 Å². The SMILES string of the molecule is Cc1ncc(N2CC[C@@H](O)[C@]3(CCCN(C(=O)c4ccsc4)C3)C2)nc1C. The van der Waals surface area contributed by atoms with E-state index in [0.717, 1.165) is 48.7 Å². The lowest BCUT2D eigenvalue weighted by Gasteiger charge is -2.51. The number of aliphatic hydroxyl groups is 1. The maximum absolute atomic E-state index is 12.8. The first-order valence-electron chi connectivity index (χ1n) is 9.53. The zero-order chi connectivity index (χ0) is 19.0. The number of carbonyl (C=O) groups is 1. The molecule has 6 nitrogen and oxygen atoms in total. The van der Waals surface area contributed by atoms with Crippen molar-refractivity contribution in [1.29, 1.82) is 0 Å².